The normalized spacial score (nSPS) is 24.5. The van der Waals surface area contributed by atoms with Crippen LogP contribution in [-0.2, 0) is 0 Å². The number of fused-ring (bicyclic) bond motifs is 2. The second-order valence-electron chi connectivity index (χ2n) is 7.97. The molecular weight excluding hydrogens is 397 g/mol. The third-order valence-electron chi connectivity index (χ3n) is 6.22. The molecule has 158 valence electrons. The minimum absolute atomic E-state index is 0. The van der Waals surface area contributed by atoms with Gasteiger partial charge in [0.2, 0.25) is 0 Å². The lowest BCUT2D eigenvalue weighted by atomic mass is 9.82. The minimum atomic E-state index is -0.120. The number of carbonyl (C=O) groups excluding carboxylic acids is 1. The van der Waals surface area contributed by atoms with Crippen LogP contribution in [0.3, 0.4) is 0 Å². The van der Waals surface area contributed by atoms with Gasteiger partial charge >= 0.3 is 0 Å². The lowest BCUT2D eigenvalue weighted by molar-refractivity contribution is 0.0462. The number of nitrogens with one attached hydrogen (secondary N) is 1. The quantitative estimate of drug-likeness (QED) is 0.645. The molecule has 1 aromatic rings. The fraction of sp³-hybridized carbons (Fsp3) is 0.667. The molecule has 5 nitrogen and oxygen atoms in total. The van der Waals surface area contributed by atoms with E-state index in [1.807, 2.05) is 0 Å². The first-order valence-corrected chi connectivity index (χ1v) is 10.6. The lowest BCUT2D eigenvalue weighted by Gasteiger charge is -2.47. The van der Waals surface area contributed by atoms with Crippen LogP contribution >= 0.6 is 24.0 Å². The van der Waals surface area contributed by atoms with Crippen LogP contribution in [0.5, 0.6) is 5.75 Å². The predicted octanol–water partition coefficient (Wildman–Crippen LogP) is 4.66. The Morgan fingerprint density at radius 3 is 2.46 bits per heavy atom. The summed E-state index contributed by atoms with van der Waals surface area (Å²) in [6.07, 6.45) is 7.54. The highest BCUT2D eigenvalue weighted by atomic mass is 35.5. The molecule has 2 aliphatic heterocycles. The summed E-state index contributed by atoms with van der Waals surface area (Å²) in [5.41, 5.74) is 6.87. The average Bonchev–Trinajstić information content (AvgIpc) is 2.63. The van der Waals surface area contributed by atoms with Crippen LogP contribution in [-0.4, -0.2) is 42.1 Å². The van der Waals surface area contributed by atoms with Crippen molar-refractivity contribution in [3.05, 3.63) is 22.7 Å². The molecule has 2 unspecified atom stereocenters. The first-order valence-electron chi connectivity index (χ1n) is 10.2. The number of carbonyl (C=O) groups is 1. The van der Waals surface area contributed by atoms with E-state index in [0.717, 1.165) is 25.7 Å². The van der Waals surface area contributed by atoms with Crippen LogP contribution < -0.4 is 15.8 Å². The van der Waals surface area contributed by atoms with Crippen molar-refractivity contribution in [1.29, 1.82) is 0 Å². The predicted molar refractivity (Wildman–Crippen MR) is 118 cm³/mol. The number of ether oxygens (including phenoxy) is 1. The van der Waals surface area contributed by atoms with E-state index in [1.54, 1.807) is 12.1 Å². The van der Waals surface area contributed by atoms with Crippen molar-refractivity contribution < 1.29 is 9.53 Å². The van der Waals surface area contributed by atoms with Crippen molar-refractivity contribution in [3.8, 4) is 5.75 Å². The highest BCUT2D eigenvalue weighted by Gasteiger charge is 2.36. The monoisotopic (exact) mass is 429 g/mol. The number of rotatable bonds is 6. The summed E-state index contributed by atoms with van der Waals surface area (Å²) in [6, 6.07) is 4.65. The molecule has 0 aromatic heterocycles. The number of nitrogens with zero attached hydrogens (tertiary/aromatic N) is 1. The Balaban J connectivity index is 0.00000280. The molecule has 0 spiro atoms. The molecule has 2 atom stereocenters. The molecule has 1 amide bonds. The van der Waals surface area contributed by atoms with E-state index >= 15 is 0 Å². The van der Waals surface area contributed by atoms with Gasteiger partial charge in [0.1, 0.15) is 5.75 Å². The minimum Gasteiger partial charge on any atom is -0.490 e. The Morgan fingerprint density at radius 2 is 1.89 bits per heavy atom. The van der Waals surface area contributed by atoms with Gasteiger partial charge in [0.25, 0.3) is 5.91 Å². The van der Waals surface area contributed by atoms with Gasteiger partial charge < -0.3 is 20.7 Å². The molecule has 2 bridgehead atoms. The molecule has 28 heavy (non-hydrogen) atoms. The second kappa shape index (κ2) is 10.0. The van der Waals surface area contributed by atoms with E-state index in [-0.39, 0.29) is 30.5 Å². The first-order chi connectivity index (χ1) is 12.9. The molecule has 2 fully saturated rings. The molecule has 0 radical (unpaired) electrons. The summed E-state index contributed by atoms with van der Waals surface area (Å²) in [5, 5.41) is 3.62. The number of benzene rings is 1. The smallest absolute Gasteiger partial charge is 0.255 e. The van der Waals surface area contributed by atoms with E-state index in [4.69, 9.17) is 22.1 Å². The highest BCUT2D eigenvalue weighted by molar-refractivity contribution is 6.33. The van der Waals surface area contributed by atoms with Gasteiger partial charge in [0.05, 0.1) is 22.4 Å². The summed E-state index contributed by atoms with van der Waals surface area (Å²) in [4.78, 5) is 15.5. The van der Waals surface area contributed by atoms with E-state index < -0.39 is 0 Å². The van der Waals surface area contributed by atoms with Crippen molar-refractivity contribution in [2.45, 2.75) is 83.0 Å². The third-order valence-corrected chi connectivity index (χ3v) is 6.55. The van der Waals surface area contributed by atoms with Crippen molar-refractivity contribution in [2.75, 3.05) is 12.8 Å². The largest absolute Gasteiger partial charge is 0.490 e. The molecule has 3 rings (SSSR count). The van der Waals surface area contributed by atoms with E-state index in [2.05, 4.69) is 31.1 Å². The van der Waals surface area contributed by atoms with E-state index in [0.29, 0.717) is 34.1 Å². The average molecular weight is 430 g/mol. The van der Waals surface area contributed by atoms with E-state index in [9.17, 15) is 4.79 Å². The number of halogens is 2. The summed E-state index contributed by atoms with van der Waals surface area (Å²) in [5.74, 6) is 0.404. The van der Waals surface area contributed by atoms with Gasteiger partial charge in [-0.3, -0.25) is 4.79 Å². The first kappa shape index (κ1) is 23.1. The maximum absolute atomic E-state index is 13.1. The number of amides is 1. The number of nitrogen functional groups attached to an aromatic ring is 1. The number of hydrogen-bond acceptors (Lipinski definition) is 4. The molecular formula is C21H33Cl2N3O2. The maximum atomic E-state index is 13.1. The van der Waals surface area contributed by atoms with Gasteiger partial charge in [-0.15, -0.1) is 12.4 Å². The third kappa shape index (κ3) is 5.05. The Bertz CT molecular complexity index is 668. The molecule has 3 N–H and O–H groups in total. The molecule has 1 aromatic carbocycles. The molecule has 2 heterocycles. The van der Waals surface area contributed by atoms with Gasteiger partial charge in [0.15, 0.2) is 0 Å². The van der Waals surface area contributed by atoms with E-state index in [1.165, 1.54) is 19.3 Å². The van der Waals surface area contributed by atoms with Crippen molar-refractivity contribution in [2.24, 2.45) is 0 Å². The van der Waals surface area contributed by atoms with Crippen LogP contribution in [0.1, 0.15) is 69.2 Å². The zero-order chi connectivity index (χ0) is 19.6. The summed E-state index contributed by atoms with van der Waals surface area (Å²) >= 11 is 6.21. The summed E-state index contributed by atoms with van der Waals surface area (Å²) < 4.78 is 6.07. The van der Waals surface area contributed by atoms with Crippen LogP contribution in [0.4, 0.5) is 5.69 Å². The Kier molecular flexibility index (Phi) is 8.29. The molecule has 2 saturated heterocycles. The molecule has 7 heteroatoms. The summed E-state index contributed by atoms with van der Waals surface area (Å²) in [6.45, 7) is 4.15. The van der Waals surface area contributed by atoms with Crippen molar-refractivity contribution >= 4 is 35.6 Å². The lowest BCUT2D eigenvalue weighted by Crippen LogP contribution is -2.55. The van der Waals surface area contributed by atoms with Gasteiger partial charge in [0, 0.05) is 24.2 Å². The van der Waals surface area contributed by atoms with Gasteiger partial charge in [-0.2, -0.15) is 0 Å². The number of anilines is 1. The van der Waals surface area contributed by atoms with Gasteiger partial charge in [-0.25, -0.2) is 0 Å². The summed E-state index contributed by atoms with van der Waals surface area (Å²) in [7, 11) is 2.22. The number of piperidine rings is 2. The van der Waals surface area contributed by atoms with Crippen molar-refractivity contribution in [3.63, 3.8) is 0 Å². The highest BCUT2D eigenvalue weighted by Crippen LogP contribution is 2.34. The fourth-order valence-corrected chi connectivity index (χ4v) is 4.64. The molecule has 0 saturated carbocycles. The standard InChI is InChI=1S/C21H32ClN3O2.ClH/c1-4-16(5-2)27-20-12-19(23)18(22)11-17(20)21(26)24-13-9-14-7-6-8-15(10-13)25(14)3;/h11-16H,4-10,23H2,1-3H3,(H,24,26);1H. The van der Waals surface area contributed by atoms with Gasteiger partial charge in [-0.05, 0) is 51.6 Å². The number of hydrogen-bond donors (Lipinski definition) is 2. The zero-order valence-corrected chi connectivity index (χ0v) is 18.6. The topological polar surface area (TPSA) is 67.6 Å². The Morgan fingerprint density at radius 1 is 1.29 bits per heavy atom. The van der Waals surface area contributed by atoms with Crippen LogP contribution in [0.25, 0.3) is 0 Å². The van der Waals surface area contributed by atoms with Crippen LogP contribution in [0.2, 0.25) is 5.02 Å². The number of nitrogens with two attached hydrogens (primary N) is 1. The fourth-order valence-electron chi connectivity index (χ4n) is 4.48. The Labute approximate surface area is 179 Å². The van der Waals surface area contributed by atoms with Crippen LogP contribution in [0.15, 0.2) is 12.1 Å². The maximum Gasteiger partial charge on any atom is 0.255 e. The Hall–Kier alpha value is -1.17. The van der Waals surface area contributed by atoms with Gasteiger partial charge in [-0.1, -0.05) is 31.9 Å². The zero-order valence-electron chi connectivity index (χ0n) is 17.0. The van der Waals surface area contributed by atoms with Crippen LogP contribution in [0, 0.1) is 0 Å². The molecule has 0 aliphatic carbocycles. The second-order valence-corrected chi connectivity index (χ2v) is 8.38. The van der Waals surface area contributed by atoms with Crippen molar-refractivity contribution in [1.82, 2.24) is 10.2 Å². The SMILES string of the molecule is CCC(CC)Oc1cc(N)c(Cl)cc1C(=O)NC1CC2CCCC(C1)N2C.Cl. The molecule has 2 aliphatic rings.